The third-order valence-electron chi connectivity index (χ3n) is 3.40. The predicted molar refractivity (Wildman–Crippen MR) is 79.3 cm³/mol. The Morgan fingerprint density at radius 3 is 2.71 bits per heavy atom. The number of benzene rings is 1. The van der Waals surface area contributed by atoms with E-state index in [4.69, 9.17) is 0 Å². The van der Waals surface area contributed by atoms with Crippen LogP contribution < -0.4 is 0 Å². The van der Waals surface area contributed by atoms with E-state index in [-0.39, 0.29) is 6.03 Å². The Hall–Kier alpha value is -2.74. The third kappa shape index (κ3) is 2.61. The van der Waals surface area contributed by atoms with Gasteiger partial charge in [0.15, 0.2) is 0 Å². The van der Waals surface area contributed by atoms with Gasteiger partial charge < -0.3 is 9.80 Å². The molecule has 3 rings (SSSR count). The zero-order valence-electron chi connectivity index (χ0n) is 12.1. The molecule has 5 heteroatoms. The van der Waals surface area contributed by atoms with Gasteiger partial charge in [-0.3, -0.25) is 5.10 Å². The first kappa shape index (κ1) is 13.3. The van der Waals surface area contributed by atoms with E-state index in [2.05, 4.69) is 22.0 Å². The lowest BCUT2D eigenvalue weighted by Gasteiger charge is -2.20. The largest absolute Gasteiger partial charge is 0.331 e. The van der Waals surface area contributed by atoms with Gasteiger partial charge >= 0.3 is 6.03 Å². The van der Waals surface area contributed by atoms with Crippen molar-refractivity contribution < 1.29 is 4.79 Å². The van der Waals surface area contributed by atoms with Gasteiger partial charge in [0.2, 0.25) is 0 Å². The molecule has 5 nitrogen and oxygen atoms in total. The van der Waals surface area contributed by atoms with Gasteiger partial charge in [0.25, 0.3) is 0 Å². The van der Waals surface area contributed by atoms with Crippen molar-refractivity contribution in [2.24, 2.45) is 0 Å². The molecule has 0 unspecified atom stereocenters. The Balaban J connectivity index is 1.81. The standard InChI is InChI=1S/C16H16N4O/c1-19(2)16(21)20-10-13-14(17-18-15(13)11-20)9-8-12-6-4-3-5-7-12/h3-7H,10-11H2,1-2H3,(H,17,18). The number of nitrogens with one attached hydrogen (secondary N) is 1. The molecule has 1 aromatic heterocycles. The quantitative estimate of drug-likeness (QED) is 0.748. The van der Waals surface area contributed by atoms with Crippen molar-refractivity contribution in [1.29, 1.82) is 0 Å². The zero-order valence-corrected chi connectivity index (χ0v) is 12.1. The van der Waals surface area contributed by atoms with Crippen molar-refractivity contribution in [3.05, 3.63) is 52.8 Å². The maximum atomic E-state index is 12.0. The van der Waals surface area contributed by atoms with E-state index in [1.807, 2.05) is 30.3 Å². The van der Waals surface area contributed by atoms with Gasteiger partial charge in [-0.25, -0.2) is 4.79 Å². The molecule has 1 N–H and O–H groups in total. The molecule has 1 aliphatic heterocycles. The fourth-order valence-electron chi connectivity index (χ4n) is 2.31. The minimum Gasteiger partial charge on any atom is -0.331 e. The van der Waals surface area contributed by atoms with Crippen LogP contribution in [0.3, 0.4) is 0 Å². The number of carbonyl (C=O) groups is 1. The maximum absolute atomic E-state index is 12.0. The van der Waals surface area contributed by atoms with E-state index in [1.165, 1.54) is 0 Å². The Kier molecular flexibility index (Phi) is 3.36. The number of aromatic amines is 1. The fourth-order valence-corrected chi connectivity index (χ4v) is 2.31. The molecule has 1 aromatic carbocycles. The number of nitrogens with zero attached hydrogens (tertiary/aromatic N) is 3. The number of rotatable bonds is 0. The van der Waals surface area contributed by atoms with Crippen LogP contribution in [-0.2, 0) is 13.1 Å². The summed E-state index contributed by atoms with van der Waals surface area (Å²) in [6.45, 7) is 1.12. The highest BCUT2D eigenvalue weighted by molar-refractivity contribution is 5.74. The molecule has 0 bridgehead atoms. The smallest absolute Gasteiger partial charge is 0.320 e. The van der Waals surface area contributed by atoms with Gasteiger partial charge in [-0.15, -0.1) is 0 Å². The summed E-state index contributed by atoms with van der Waals surface area (Å²) in [5.41, 5.74) is 3.67. The highest BCUT2D eigenvalue weighted by Crippen LogP contribution is 2.24. The lowest BCUT2D eigenvalue weighted by Crippen LogP contribution is -2.35. The molecule has 0 atom stereocenters. The number of aromatic nitrogens is 2. The Bertz CT molecular complexity index is 722. The van der Waals surface area contributed by atoms with Crippen molar-refractivity contribution in [3.63, 3.8) is 0 Å². The summed E-state index contributed by atoms with van der Waals surface area (Å²) in [6.07, 6.45) is 0. The zero-order chi connectivity index (χ0) is 14.8. The normalized spacial score (nSPS) is 12.6. The number of amides is 2. The van der Waals surface area contributed by atoms with Crippen LogP contribution in [0.25, 0.3) is 0 Å². The minimum atomic E-state index is 0.00145. The molecule has 0 fully saturated rings. The number of H-pyrrole nitrogens is 1. The van der Waals surface area contributed by atoms with E-state index in [0.29, 0.717) is 13.1 Å². The van der Waals surface area contributed by atoms with E-state index in [1.54, 1.807) is 23.9 Å². The van der Waals surface area contributed by atoms with Gasteiger partial charge in [0.05, 0.1) is 18.8 Å². The molecular formula is C16H16N4O. The van der Waals surface area contributed by atoms with Crippen molar-refractivity contribution in [3.8, 4) is 11.8 Å². The van der Waals surface area contributed by atoms with Crippen LogP contribution in [0.15, 0.2) is 30.3 Å². The Labute approximate surface area is 123 Å². The van der Waals surface area contributed by atoms with Crippen LogP contribution in [0.4, 0.5) is 4.79 Å². The van der Waals surface area contributed by atoms with Gasteiger partial charge in [0, 0.05) is 25.2 Å². The first-order valence-electron chi connectivity index (χ1n) is 6.74. The predicted octanol–water partition coefficient (Wildman–Crippen LogP) is 1.81. The molecule has 0 aliphatic carbocycles. The lowest BCUT2D eigenvalue weighted by atomic mass is 10.2. The molecule has 0 saturated heterocycles. The summed E-state index contributed by atoms with van der Waals surface area (Å²) >= 11 is 0. The van der Waals surface area contributed by atoms with Crippen LogP contribution in [0, 0.1) is 11.8 Å². The molecule has 2 aromatic rings. The highest BCUT2D eigenvalue weighted by atomic mass is 16.2. The summed E-state index contributed by atoms with van der Waals surface area (Å²) in [5, 5.41) is 7.22. The van der Waals surface area contributed by atoms with Crippen LogP contribution in [0.2, 0.25) is 0 Å². The van der Waals surface area contributed by atoms with Crippen LogP contribution in [0.1, 0.15) is 22.5 Å². The van der Waals surface area contributed by atoms with Gasteiger partial charge in [-0.1, -0.05) is 24.1 Å². The summed E-state index contributed by atoms with van der Waals surface area (Å²) in [5.74, 6) is 6.18. The summed E-state index contributed by atoms with van der Waals surface area (Å²) in [4.78, 5) is 15.3. The number of carbonyl (C=O) groups excluding carboxylic acids is 1. The number of hydrogen-bond donors (Lipinski definition) is 1. The molecule has 0 saturated carbocycles. The average molecular weight is 280 g/mol. The number of urea groups is 1. The first-order chi connectivity index (χ1) is 10.1. The van der Waals surface area contributed by atoms with E-state index >= 15 is 0 Å². The lowest BCUT2D eigenvalue weighted by molar-refractivity contribution is 0.170. The second-order valence-corrected chi connectivity index (χ2v) is 5.18. The van der Waals surface area contributed by atoms with Crippen LogP contribution >= 0.6 is 0 Å². The topological polar surface area (TPSA) is 52.2 Å². The summed E-state index contributed by atoms with van der Waals surface area (Å²) < 4.78 is 0. The maximum Gasteiger partial charge on any atom is 0.320 e. The van der Waals surface area contributed by atoms with Crippen LogP contribution in [0.5, 0.6) is 0 Å². The van der Waals surface area contributed by atoms with E-state index < -0.39 is 0 Å². The van der Waals surface area contributed by atoms with Crippen LogP contribution in [-0.4, -0.2) is 40.1 Å². The van der Waals surface area contributed by atoms with Crippen molar-refractivity contribution >= 4 is 6.03 Å². The van der Waals surface area contributed by atoms with Crippen molar-refractivity contribution in [2.75, 3.05) is 14.1 Å². The molecule has 0 spiro atoms. The second kappa shape index (κ2) is 5.33. The SMILES string of the molecule is CN(C)C(=O)N1Cc2[nH]nc(C#Cc3ccccc3)c2C1. The highest BCUT2D eigenvalue weighted by Gasteiger charge is 2.28. The molecule has 106 valence electrons. The fraction of sp³-hybridized carbons (Fsp3) is 0.250. The van der Waals surface area contributed by atoms with Crippen molar-refractivity contribution in [1.82, 2.24) is 20.0 Å². The number of fused-ring (bicyclic) bond motifs is 1. The summed E-state index contributed by atoms with van der Waals surface area (Å²) in [7, 11) is 3.51. The minimum absolute atomic E-state index is 0.00145. The molecule has 2 amide bonds. The molecule has 2 heterocycles. The average Bonchev–Trinajstić information content (AvgIpc) is 3.06. The van der Waals surface area contributed by atoms with E-state index in [9.17, 15) is 4.79 Å². The van der Waals surface area contributed by atoms with Gasteiger partial charge in [-0.2, -0.15) is 5.10 Å². The molecular weight excluding hydrogens is 264 g/mol. The first-order valence-corrected chi connectivity index (χ1v) is 6.74. The molecule has 0 radical (unpaired) electrons. The molecule has 1 aliphatic rings. The van der Waals surface area contributed by atoms with Gasteiger partial charge in [0.1, 0.15) is 5.69 Å². The monoisotopic (exact) mass is 280 g/mol. The Morgan fingerprint density at radius 1 is 1.24 bits per heavy atom. The number of hydrogen-bond acceptors (Lipinski definition) is 2. The molecule has 21 heavy (non-hydrogen) atoms. The van der Waals surface area contributed by atoms with E-state index in [0.717, 1.165) is 22.5 Å². The second-order valence-electron chi connectivity index (χ2n) is 5.18. The summed E-state index contributed by atoms with van der Waals surface area (Å²) in [6, 6.07) is 9.79. The Morgan fingerprint density at radius 2 is 2.00 bits per heavy atom. The third-order valence-corrected chi connectivity index (χ3v) is 3.40. The van der Waals surface area contributed by atoms with Crippen molar-refractivity contribution in [2.45, 2.75) is 13.1 Å². The van der Waals surface area contributed by atoms with Gasteiger partial charge in [-0.05, 0) is 18.1 Å².